The van der Waals surface area contributed by atoms with E-state index >= 15 is 0 Å². The Morgan fingerprint density at radius 3 is 2.09 bits per heavy atom. The molecule has 1 saturated carbocycles. The van der Waals surface area contributed by atoms with Gasteiger partial charge in [0.2, 0.25) is 0 Å². The van der Waals surface area contributed by atoms with E-state index in [1.54, 1.807) is 13.2 Å². The molecule has 0 N–H and O–H groups in total. The van der Waals surface area contributed by atoms with Gasteiger partial charge >= 0.3 is 0 Å². The lowest BCUT2D eigenvalue weighted by molar-refractivity contribution is 0.0503. The lowest BCUT2D eigenvalue weighted by Gasteiger charge is -2.36. The molecule has 172 valence electrons. The Bertz CT molecular complexity index is 955. The third-order valence-corrected chi connectivity index (χ3v) is 6.90. The summed E-state index contributed by atoms with van der Waals surface area (Å²) in [5.41, 5.74) is 1.15. The van der Waals surface area contributed by atoms with E-state index in [1.165, 1.54) is 37.0 Å². The summed E-state index contributed by atoms with van der Waals surface area (Å²) in [5, 5.41) is 1.41. The summed E-state index contributed by atoms with van der Waals surface area (Å²) in [6.45, 7) is 2.84. The minimum Gasteiger partial charge on any atom is -0.496 e. The van der Waals surface area contributed by atoms with Crippen molar-refractivity contribution in [2.24, 2.45) is 0 Å². The van der Waals surface area contributed by atoms with Crippen molar-refractivity contribution in [2.75, 3.05) is 13.7 Å². The molecule has 0 saturated heterocycles. The van der Waals surface area contributed by atoms with Gasteiger partial charge in [0.05, 0.1) is 19.1 Å². The molecule has 0 bridgehead atoms. The van der Waals surface area contributed by atoms with Crippen molar-refractivity contribution in [3.63, 3.8) is 0 Å². The number of unbranched alkanes of at least 4 members (excludes halogenated alkanes) is 5. The molecule has 32 heavy (non-hydrogen) atoms. The predicted octanol–water partition coefficient (Wildman–Crippen LogP) is 6.52. The zero-order valence-electron chi connectivity index (χ0n) is 19.5. The second kappa shape index (κ2) is 10.4. The maximum atomic E-state index is 13.4. The Morgan fingerprint density at radius 1 is 0.812 bits per heavy atom. The summed E-state index contributed by atoms with van der Waals surface area (Å²) in [6, 6.07) is 7.32. The smallest absolute Gasteiger partial charge is 0.261 e. The molecular weight excluding hydrogens is 402 g/mol. The number of methoxy groups -OCH3 is 1. The molecule has 5 heteroatoms. The second-order valence-corrected chi connectivity index (χ2v) is 9.07. The average Bonchev–Trinajstić information content (AvgIpc) is 2.82. The summed E-state index contributed by atoms with van der Waals surface area (Å²) in [6.07, 6.45) is 12.3. The van der Waals surface area contributed by atoms with Crippen molar-refractivity contribution in [3.05, 3.63) is 35.4 Å². The maximum Gasteiger partial charge on any atom is 0.261 e. The van der Waals surface area contributed by atoms with E-state index in [-0.39, 0.29) is 17.9 Å². The predicted molar refractivity (Wildman–Crippen MR) is 127 cm³/mol. The van der Waals surface area contributed by atoms with Crippen LogP contribution < -0.4 is 9.47 Å². The number of benzene rings is 2. The molecule has 1 aliphatic carbocycles. The molecule has 5 nitrogen and oxygen atoms in total. The zero-order valence-corrected chi connectivity index (χ0v) is 19.5. The Kier molecular flexibility index (Phi) is 7.33. The lowest BCUT2D eigenvalue weighted by Crippen LogP contribution is -2.47. The van der Waals surface area contributed by atoms with Gasteiger partial charge in [0, 0.05) is 22.6 Å². The fraction of sp³-hybridized carbons (Fsp3) is 0.556. The van der Waals surface area contributed by atoms with Crippen LogP contribution in [0.15, 0.2) is 24.3 Å². The molecule has 0 atom stereocenters. The topological polar surface area (TPSA) is 55.8 Å². The number of hydrogen-bond acceptors (Lipinski definition) is 4. The molecule has 2 aromatic rings. The van der Waals surface area contributed by atoms with Gasteiger partial charge in [-0.1, -0.05) is 58.3 Å². The molecule has 1 fully saturated rings. The molecule has 4 rings (SSSR count). The van der Waals surface area contributed by atoms with Crippen LogP contribution in [0.5, 0.6) is 11.5 Å². The van der Waals surface area contributed by atoms with Gasteiger partial charge in [-0.25, -0.2) is 0 Å². The van der Waals surface area contributed by atoms with Crippen molar-refractivity contribution in [1.82, 2.24) is 4.90 Å². The first-order valence-corrected chi connectivity index (χ1v) is 12.3. The summed E-state index contributed by atoms with van der Waals surface area (Å²) < 4.78 is 11.8. The minimum atomic E-state index is -0.185. The van der Waals surface area contributed by atoms with Crippen LogP contribution in [-0.2, 0) is 0 Å². The van der Waals surface area contributed by atoms with Crippen molar-refractivity contribution in [1.29, 1.82) is 0 Å². The third kappa shape index (κ3) is 4.35. The van der Waals surface area contributed by atoms with Gasteiger partial charge in [0.25, 0.3) is 11.8 Å². The highest BCUT2D eigenvalue weighted by Gasteiger charge is 2.38. The molecule has 0 aromatic heterocycles. The lowest BCUT2D eigenvalue weighted by atomic mass is 9.88. The number of ether oxygens (including phenoxy) is 2. The maximum absolute atomic E-state index is 13.4. The number of imide groups is 1. The number of nitrogens with zero attached hydrogens (tertiary/aromatic N) is 1. The van der Waals surface area contributed by atoms with E-state index in [0.717, 1.165) is 43.9 Å². The van der Waals surface area contributed by atoms with Crippen LogP contribution in [0.4, 0.5) is 0 Å². The average molecular weight is 438 g/mol. The standard InChI is InChI=1S/C27H35NO4/c1-3-4-5-6-7-11-18-32-23-17-15-21-24-20(14-16-22(31-2)25(23)24)26(29)28(27(21)30)19-12-9-8-10-13-19/h14-17,19H,3-13,18H2,1-2H3. The Labute approximate surface area is 191 Å². The molecule has 0 radical (unpaired) electrons. The summed E-state index contributed by atoms with van der Waals surface area (Å²) in [7, 11) is 1.61. The van der Waals surface area contributed by atoms with E-state index in [0.29, 0.717) is 34.6 Å². The van der Waals surface area contributed by atoms with Gasteiger partial charge in [-0.2, -0.15) is 0 Å². The van der Waals surface area contributed by atoms with Gasteiger partial charge in [-0.15, -0.1) is 0 Å². The normalized spacial score (nSPS) is 16.6. The fourth-order valence-electron chi connectivity index (χ4n) is 5.17. The van der Waals surface area contributed by atoms with E-state index in [4.69, 9.17) is 9.47 Å². The van der Waals surface area contributed by atoms with E-state index in [1.807, 2.05) is 18.2 Å². The largest absolute Gasteiger partial charge is 0.496 e. The quantitative estimate of drug-likeness (QED) is 0.314. The molecular formula is C27H35NO4. The van der Waals surface area contributed by atoms with E-state index in [9.17, 15) is 9.59 Å². The molecule has 2 aromatic carbocycles. The van der Waals surface area contributed by atoms with Crippen molar-refractivity contribution >= 4 is 22.6 Å². The zero-order chi connectivity index (χ0) is 22.5. The Balaban J connectivity index is 1.62. The first-order chi connectivity index (χ1) is 15.7. The second-order valence-electron chi connectivity index (χ2n) is 9.07. The Hall–Kier alpha value is -2.56. The van der Waals surface area contributed by atoms with Crippen LogP contribution in [-0.4, -0.2) is 36.5 Å². The number of carbonyl (C=O) groups excluding carboxylic acids is 2. The van der Waals surface area contributed by atoms with Gasteiger partial charge < -0.3 is 9.47 Å². The first-order valence-electron chi connectivity index (χ1n) is 12.3. The van der Waals surface area contributed by atoms with Gasteiger partial charge in [-0.05, 0) is 43.5 Å². The van der Waals surface area contributed by atoms with Crippen LogP contribution in [0.25, 0.3) is 10.8 Å². The molecule has 1 aliphatic heterocycles. The first kappa shape index (κ1) is 22.6. The molecule has 0 unspecified atom stereocenters. The van der Waals surface area contributed by atoms with Crippen LogP contribution in [0.3, 0.4) is 0 Å². The number of hydrogen-bond donors (Lipinski definition) is 0. The Morgan fingerprint density at radius 2 is 1.44 bits per heavy atom. The molecule has 0 spiro atoms. The van der Waals surface area contributed by atoms with Crippen molar-refractivity contribution in [3.8, 4) is 11.5 Å². The highest BCUT2D eigenvalue weighted by molar-refractivity contribution is 6.27. The molecule has 2 aliphatic rings. The SMILES string of the molecule is CCCCCCCCOc1ccc2c3c(ccc(OC)c13)C(=O)N(C1CCCCC1)C2=O. The van der Waals surface area contributed by atoms with Gasteiger partial charge in [0.1, 0.15) is 11.5 Å². The summed E-state index contributed by atoms with van der Waals surface area (Å²) in [5.74, 6) is 0.947. The van der Waals surface area contributed by atoms with Crippen LogP contribution in [0.1, 0.15) is 98.3 Å². The van der Waals surface area contributed by atoms with Crippen LogP contribution >= 0.6 is 0 Å². The van der Waals surface area contributed by atoms with E-state index < -0.39 is 0 Å². The van der Waals surface area contributed by atoms with Crippen molar-refractivity contribution in [2.45, 2.75) is 83.6 Å². The van der Waals surface area contributed by atoms with E-state index in [2.05, 4.69) is 6.92 Å². The monoisotopic (exact) mass is 437 g/mol. The van der Waals surface area contributed by atoms with Crippen LogP contribution in [0.2, 0.25) is 0 Å². The summed E-state index contributed by atoms with van der Waals surface area (Å²) >= 11 is 0. The number of carbonyl (C=O) groups is 2. The van der Waals surface area contributed by atoms with Crippen molar-refractivity contribution < 1.29 is 19.1 Å². The highest BCUT2D eigenvalue weighted by atomic mass is 16.5. The number of amides is 2. The number of rotatable bonds is 10. The minimum absolute atomic E-state index is 0.00214. The van der Waals surface area contributed by atoms with Gasteiger partial charge in [-0.3, -0.25) is 14.5 Å². The summed E-state index contributed by atoms with van der Waals surface area (Å²) in [4.78, 5) is 28.4. The molecule has 1 heterocycles. The van der Waals surface area contributed by atoms with Crippen LogP contribution in [0, 0.1) is 0 Å². The third-order valence-electron chi connectivity index (χ3n) is 6.90. The fourth-order valence-corrected chi connectivity index (χ4v) is 5.17. The van der Waals surface area contributed by atoms with Gasteiger partial charge in [0.15, 0.2) is 0 Å². The molecule has 2 amide bonds. The highest BCUT2D eigenvalue weighted by Crippen LogP contribution is 2.42.